The lowest BCUT2D eigenvalue weighted by atomic mass is 9.73. The summed E-state index contributed by atoms with van der Waals surface area (Å²) in [6.07, 6.45) is -0.984. The Labute approximate surface area is 234 Å². The lowest BCUT2D eigenvalue weighted by molar-refractivity contribution is -0.142. The number of carbonyl (C=O) groups is 4. The number of aliphatic hydroxyl groups is 1. The molecule has 1 fully saturated rings. The average molecular weight is 552 g/mol. The van der Waals surface area contributed by atoms with Crippen LogP contribution in [0.15, 0.2) is 48.5 Å². The van der Waals surface area contributed by atoms with E-state index >= 15 is 0 Å². The molecule has 1 saturated heterocycles. The van der Waals surface area contributed by atoms with Crippen LogP contribution in [-0.4, -0.2) is 84.1 Å². The van der Waals surface area contributed by atoms with Crippen LogP contribution in [0, 0.1) is 11.8 Å². The number of likely N-dealkylation sites (N-methyl/N-ethyl adjacent to an activating group) is 1. The third-order valence-corrected chi connectivity index (χ3v) is 6.35. The second-order valence-corrected chi connectivity index (χ2v) is 10.6. The van der Waals surface area contributed by atoms with Gasteiger partial charge in [0.2, 0.25) is 5.91 Å². The first kappa shape index (κ1) is 30.8. The summed E-state index contributed by atoms with van der Waals surface area (Å²) in [6.45, 7) is 7.09. The average Bonchev–Trinajstić information content (AvgIpc) is 2.94. The Bertz CT molecular complexity index is 1190. The molecule has 1 aromatic heterocycles. The van der Waals surface area contributed by atoms with Crippen molar-refractivity contribution in [3.63, 3.8) is 0 Å². The van der Waals surface area contributed by atoms with Crippen molar-refractivity contribution in [1.29, 1.82) is 0 Å². The Morgan fingerprint density at radius 3 is 2.42 bits per heavy atom. The van der Waals surface area contributed by atoms with Gasteiger partial charge in [-0.1, -0.05) is 57.2 Å². The van der Waals surface area contributed by atoms with Gasteiger partial charge in [0.15, 0.2) is 0 Å². The van der Waals surface area contributed by atoms with Crippen LogP contribution >= 0.6 is 0 Å². The molecule has 0 radical (unpaired) electrons. The Morgan fingerprint density at radius 2 is 1.77 bits per heavy atom. The standard InChI is InChI=1S/C28H37BN4O7/c1-17(2)14-23(29-39-24(35)16-33(5)15-18(3)28(38)40-29)31-27(37)25(19(4)34)32-26(36)22-13-9-12-21(30-22)20-10-7-6-8-11-20/h6-13,17-19,23,25,34H,14-16H2,1-5H3,(H,31,37)(H,32,36)/t18-,19-,23+,25+/m1/s1. The van der Waals surface area contributed by atoms with Gasteiger partial charge in [-0.05, 0) is 38.4 Å². The minimum absolute atomic E-state index is 0.0138. The summed E-state index contributed by atoms with van der Waals surface area (Å²) in [5.41, 5.74) is 1.46. The van der Waals surface area contributed by atoms with Gasteiger partial charge in [-0.2, -0.15) is 0 Å². The highest BCUT2D eigenvalue weighted by atomic mass is 16.6. The Balaban J connectivity index is 1.79. The van der Waals surface area contributed by atoms with E-state index in [1.807, 2.05) is 44.2 Å². The Morgan fingerprint density at radius 1 is 1.07 bits per heavy atom. The topological polar surface area (TPSA) is 147 Å². The number of hydrogen-bond donors (Lipinski definition) is 3. The van der Waals surface area contributed by atoms with Gasteiger partial charge >= 0.3 is 13.1 Å². The summed E-state index contributed by atoms with van der Waals surface area (Å²) < 4.78 is 11.0. The number of rotatable bonds is 9. The molecule has 2 aromatic rings. The molecule has 1 aromatic carbocycles. The van der Waals surface area contributed by atoms with E-state index in [9.17, 15) is 24.3 Å². The summed E-state index contributed by atoms with van der Waals surface area (Å²) in [7, 11) is 0.314. The molecule has 1 aliphatic heterocycles. The highest BCUT2D eigenvalue weighted by molar-refractivity contribution is 6.51. The zero-order valence-corrected chi connectivity index (χ0v) is 23.5. The predicted molar refractivity (Wildman–Crippen MR) is 149 cm³/mol. The maximum absolute atomic E-state index is 13.4. The quantitative estimate of drug-likeness (QED) is 0.394. The zero-order valence-electron chi connectivity index (χ0n) is 23.5. The first-order valence-corrected chi connectivity index (χ1v) is 13.3. The van der Waals surface area contributed by atoms with Gasteiger partial charge in [0.25, 0.3) is 11.9 Å². The maximum atomic E-state index is 13.4. The van der Waals surface area contributed by atoms with Gasteiger partial charge in [-0.25, -0.2) is 4.98 Å². The molecule has 0 saturated carbocycles. The van der Waals surface area contributed by atoms with Crippen molar-refractivity contribution in [2.24, 2.45) is 11.8 Å². The Hall–Kier alpha value is -3.77. The van der Waals surface area contributed by atoms with E-state index in [1.54, 1.807) is 31.0 Å². The van der Waals surface area contributed by atoms with Gasteiger partial charge < -0.3 is 25.0 Å². The number of pyridine rings is 1. The van der Waals surface area contributed by atoms with Crippen molar-refractivity contribution >= 4 is 30.9 Å². The highest BCUT2D eigenvalue weighted by Gasteiger charge is 2.42. The minimum Gasteiger partial charge on any atom is -0.498 e. The second-order valence-electron chi connectivity index (χ2n) is 10.6. The lowest BCUT2D eigenvalue weighted by Gasteiger charge is -2.28. The molecule has 1 aliphatic rings. The van der Waals surface area contributed by atoms with Crippen molar-refractivity contribution in [2.45, 2.75) is 52.2 Å². The molecule has 2 heterocycles. The number of amides is 2. The lowest BCUT2D eigenvalue weighted by Crippen LogP contribution is -2.59. The van der Waals surface area contributed by atoms with Crippen molar-refractivity contribution in [2.75, 3.05) is 20.1 Å². The third kappa shape index (κ3) is 8.62. The van der Waals surface area contributed by atoms with Crippen molar-refractivity contribution in [3.05, 3.63) is 54.2 Å². The van der Waals surface area contributed by atoms with Crippen LogP contribution in [0.25, 0.3) is 11.3 Å². The van der Waals surface area contributed by atoms with Crippen LogP contribution in [0.4, 0.5) is 0 Å². The molecule has 0 bridgehead atoms. The molecule has 4 atom stereocenters. The van der Waals surface area contributed by atoms with Crippen molar-refractivity contribution in [1.82, 2.24) is 20.5 Å². The molecular formula is C28H37BN4O7. The van der Waals surface area contributed by atoms with Crippen LogP contribution < -0.4 is 10.6 Å². The van der Waals surface area contributed by atoms with E-state index in [1.165, 1.54) is 13.0 Å². The molecular weight excluding hydrogens is 515 g/mol. The zero-order chi connectivity index (χ0) is 29.4. The highest BCUT2D eigenvalue weighted by Crippen LogP contribution is 2.17. The van der Waals surface area contributed by atoms with E-state index in [0.29, 0.717) is 18.7 Å². The van der Waals surface area contributed by atoms with Crippen molar-refractivity contribution in [3.8, 4) is 11.3 Å². The first-order valence-electron chi connectivity index (χ1n) is 13.3. The third-order valence-electron chi connectivity index (χ3n) is 6.35. The molecule has 40 heavy (non-hydrogen) atoms. The molecule has 0 unspecified atom stereocenters. The van der Waals surface area contributed by atoms with E-state index in [0.717, 1.165) is 5.56 Å². The minimum atomic E-state index is -1.38. The molecule has 3 rings (SSSR count). The van der Waals surface area contributed by atoms with E-state index in [4.69, 9.17) is 9.31 Å². The van der Waals surface area contributed by atoms with Crippen LogP contribution in [0.3, 0.4) is 0 Å². The summed E-state index contributed by atoms with van der Waals surface area (Å²) in [4.78, 5) is 57.7. The Kier molecular flexibility index (Phi) is 10.8. The normalized spacial score (nSPS) is 18.9. The monoisotopic (exact) mass is 552 g/mol. The number of aromatic nitrogens is 1. The van der Waals surface area contributed by atoms with Crippen LogP contribution in [-0.2, 0) is 23.7 Å². The van der Waals surface area contributed by atoms with Gasteiger partial charge in [-0.3, -0.25) is 24.1 Å². The maximum Gasteiger partial charge on any atom is 0.622 e. The van der Waals surface area contributed by atoms with E-state index < -0.39 is 54.9 Å². The largest absolute Gasteiger partial charge is 0.622 e. The predicted octanol–water partition coefficient (Wildman–Crippen LogP) is 1.45. The molecule has 0 aliphatic carbocycles. The number of benzene rings is 1. The molecule has 11 nitrogen and oxygen atoms in total. The number of aliphatic hydroxyl groups excluding tert-OH is 1. The molecule has 12 heteroatoms. The summed E-state index contributed by atoms with van der Waals surface area (Å²) in [5.74, 6) is -4.00. The summed E-state index contributed by atoms with van der Waals surface area (Å²) in [6, 6.07) is 12.9. The summed E-state index contributed by atoms with van der Waals surface area (Å²) in [5, 5.41) is 15.7. The van der Waals surface area contributed by atoms with Gasteiger partial charge in [0, 0.05) is 12.1 Å². The first-order chi connectivity index (χ1) is 18.9. The molecule has 2 amide bonds. The number of carbonyl (C=O) groups excluding carboxylic acids is 4. The smallest absolute Gasteiger partial charge is 0.498 e. The number of hydrogen-bond acceptors (Lipinski definition) is 9. The fourth-order valence-electron chi connectivity index (χ4n) is 4.38. The fraction of sp³-hybridized carbons (Fsp3) is 0.464. The number of nitrogens with zero attached hydrogens (tertiary/aromatic N) is 2. The van der Waals surface area contributed by atoms with Crippen LogP contribution in [0.5, 0.6) is 0 Å². The fourth-order valence-corrected chi connectivity index (χ4v) is 4.38. The van der Waals surface area contributed by atoms with Gasteiger partial charge in [0.05, 0.1) is 30.2 Å². The SMILES string of the molecule is CC(C)C[C@H](NC(=O)[C@@H](NC(=O)c1cccc(-c2ccccc2)n1)[C@@H](C)O)B1OC(=O)CN(C)C[C@@H](C)C(=O)O1. The molecule has 214 valence electrons. The van der Waals surface area contributed by atoms with Crippen LogP contribution in [0.2, 0.25) is 0 Å². The van der Waals surface area contributed by atoms with Crippen molar-refractivity contribution < 1.29 is 33.6 Å². The summed E-state index contributed by atoms with van der Waals surface area (Å²) >= 11 is 0. The molecule has 0 spiro atoms. The van der Waals surface area contributed by atoms with Gasteiger partial charge in [0.1, 0.15) is 11.7 Å². The molecule has 3 N–H and O–H groups in total. The van der Waals surface area contributed by atoms with Gasteiger partial charge in [-0.15, -0.1) is 0 Å². The van der Waals surface area contributed by atoms with Crippen LogP contribution in [0.1, 0.15) is 44.6 Å². The second kappa shape index (κ2) is 14.0. The van der Waals surface area contributed by atoms with E-state index in [2.05, 4.69) is 15.6 Å². The number of nitrogens with one attached hydrogen (secondary N) is 2. The van der Waals surface area contributed by atoms with E-state index in [-0.39, 0.29) is 18.2 Å².